The van der Waals surface area contributed by atoms with Crippen molar-refractivity contribution < 1.29 is 22.7 Å². The van der Waals surface area contributed by atoms with Crippen LogP contribution in [0.5, 0.6) is 5.75 Å². The molecule has 0 spiro atoms. The third-order valence-electron chi connectivity index (χ3n) is 3.11. The SMILES string of the molecule is C/C(=N\NC(=O)c1cc(C)oc1C)c1ccc(OC(F)F)cc1. The average Bonchev–Trinajstić information content (AvgIpc) is 2.83. The monoisotopic (exact) mass is 322 g/mol. The first kappa shape index (κ1) is 16.7. The quantitative estimate of drug-likeness (QED) is 0.675. The topological polar surface area (TPSA) is 63.8 Å². The van der Waals surface area contributed by atoms with E-state index in [4.69, 9.17) is 4.42 Å². The van der Waals surface area contributed by atoms with Crippen molar-refractivity contribution in [1.29, 1.82) is 0 Å². The molecule has 23 heavy (non-hydrogen) atoms. The molecule has 0 radical (unpaired) electrons. The van der Waals surface area contributed by atoms with Gasteiger partial charge in [-0.1, -0.05) is 0 Å². The molecule has 2 rings (SSSR count). The summed E-state index contributed by atoms with van der Waals surface area (Å²) in [6.07, 6.45) is 0. The third kappa shape index (κ3) is 4.38. The zero-order valence-electron chi connectivity index (χ0n) is 12.9. The maximum atomic E-state index is 12.1. The van der Waals surface area contributed by atoms with Crippen LogP contribution in [0, 0.1) is 13.8 Å². The molecular formula is C16H16F2N2O3. The van der Waals surface area contributed by atoms with E-state index in [1.807, 2.05) is 0 Å². The second kappa shape index (κ2) is 7.04. The number of alkyl halides is 2. The normalized spacial score (nSPS) is 11.7. The van der Waals surface area contributed by atoms with Gasteiger partial charge in [0.15, 0.2) is 0 Å². The lowest BCUT2D eigenvalue weighted by atomic mass is 10.1. The van der Waals surface area contributed by atoms with Gasteiger partial charge >= 0.3 is 6.61 Å². The molecule has 0 aliphatic carbocycles. The van der Waals surface area contributed by atoms with Crippen LogP contribution in [0.2, 0.25) is 0 Å². The number of amides is 1. The standard InChI is InChI=1S/C16H16F2N2O3/c1-9-8-14(11(3)22-9)15(21)20-19-10(2)12-4-6-13(7-5-12)23-16(17)18/h4-8,16H,1-3H3,(H,20,21)/b19-10+. The number of aryl methyl sites for hydroxylation is 2. The maximum absolute atomic E-state index is 12.1. The molecule has 0 aliphatic heterocycles. The van der Waals surface area contributed by atoms with Crippen molar-refractivity contribution in [2.75, 3.05) is 0 Å². The summed E-state index contributed by atoms with van der Waals surface area (Å²) in [4.78, 5) is 12.0. The number of nitrogens with zero attached hydrogens (tertiary/aromatic N) is 1. The fourth-order valence-electron chi connectivity index (χ4n) is 1.99. The minimum Gasteiger partial charge on any atom is -0.466 e. The van der Waals surface area contributed by atoms with Gasteiger partial charge in [-0.25, -0.2) is 5.43 Å². The van der Waals surface area contributed by atoms with Crippen LogP contribution in [0.15, 0.2) is 39.9 Å². The molecular weight excluding hydrogens is 306 g/mol. The predicted molar refractivity (Wildman–Crippen MR) is 80.9 cm³/mol. The smallest absolute Gasteiger partial charge is 0.387 e. The van der Waals surface area contributed by atoms with Crippen molar-refractivity contribution >= 4 is 11.6 Å². The number of rotatable bonds is 5. The molecule has 0 saturated heterocycles. The van der Waals surface area contributed by atoms with Gasteiger partial charge in [0, 0.05) is 0 Å². The highest BCUT2D eigenvalue weighted by atomic mass is 19.3. The molecule has 7 heteroatoms. The molecule has 1 amide bonds. The number of nitrogens with one attached hydrogen (secondary N) is 1. The summed E-state index contributed by atoms with van der Waals surface area (Å²) in [5.41, 5.74) is 4.05. The van der Waals surface area contributed by atoms with Gasteiger partial charge in [-0.05, 0) is 56.7 Å². The molecule has 122 valence electrons. The Labute approximate surface area is 131 Å². The summed E-state index contributed by atoms with van der Waals surface area (Å²) in [5, 5.41) is 4.00. The zero-order valence-corrected chi connectivity index (χ0v) is 12.9. The number of hydrogen-bond acceptors (Lipinski definition) is 4. The van der Waals surface area contributed by atoms with E-state index in [0.717, 1.165) is 0 Å². The molecule has 0 unspecified atom stereocenters. The molecule has 0 aliphatic rings. The van der Waals surface area contributed by atoms with E-state index >= 15 is 0 Å². The van der Waals surface area contributed by atoms with Crippen LogP contribution < -0.4 is 10.2 Å². The van der Waals surface area contributed by atoms with E-state index in [1.165, 1.54) is 12.1 Å². The highest BCUT2D eigenvalue weighted by Gasteiger charge is 2.13. The van der Waals surface area contributed by atoms with Gasteiger partial charge in [-0.3, -0.25) is 4.79 Å². The van der Waals surface area contributed by atoms with Crippen molar-refractivity contribution in [3.63, 3.8) is 0 Å². The zero-order chi connectivity index (χ0) is 17.0. The summed E-state index contributed by atoms with van der Waals surface area (Å²) < 4.78 is 33.7. The van der Waals surface area contributed by atoms with E-state index in [2.05, 4.69) is 15.3 Å². The van der Waals surface area contributed by atoms with Crippen molar-refractivity contribution in [3.8, 4) is 5.75 Å². The minimum atomic E-state index is -2.86. The van der Waals surface area contributed by atoms with Gasteiger partial charge < -0.3 is 9.15 Å². The van der Waals surface area contributed by atoms with E-state index in [-0.39, 0.29) is 11.7 Å². The van der Waals surface area contributed by atoms with E-state index in [9.17, 15) is 13.6 Å². The van der Waals surface area contributed by atoms with Crippen LogP contribution in [0.4, 0.5) is 8.78 Å². The number of halogens is 2. The van der Waals surface area contributed by atoms with Crippen molar-refractivity contribution in [2.45, 2.75) is 27.4 Å². The number of hydrogen-bond donors (Lipinski definition) is 1. The van der Waals surface area contributed by atoms with Crippen LogP contribution in [0.25, 0.3) is 0 Å². The fraction of sp³-hybridized carbons (Fsp3) is 0.250. The molecule has 0 bridgehead atoms. The Bertz CT molecular complexity index is 721. The highest BCUT2D eigenvalue weighted by Crippen LogP contribution is 2.16. The Morgan fingerprint density at radius 3 is 2.43 bits per heavy atom. The number of carbonyl (C=O) groups is 1. The van der Waals surface area contributed by atoms with Crippen LogP contribution in [0.3, 0.4) is 0 Å². The second-order valence-electron chi connectivity index (χ2n) is 4.87. The highest BCUT2D eigenvalue weighted by molar-refractivity contribution is 6.01. The first-order chi connectivity index (χ1) is 10.9. The molecule has 1 heterocycles. The molecule has 5 nitrogen and oxygen atoms in total. The molecule has 2 aromatic rings. The van der Waals surface area contributed by atoms with Gasteiger partial charge in [0.25, 0.3) is 5.91 Å². The molecule has 0 saturated carbocycles. The van der Waals surface area contributed by atoms with Gasteiger partial charge in [-0.15, -0.1) is 0 Å². The van der Waals surface area contributed by atoms with Gasteiger partial charge in [-0.2, -0.15) is 13.9 Å². The Morgan fingerprint density at radius 2 is 1.91 bits per heavy atom. The molecule has 1 aromatic heterocycles. The summed E-state index contributed by atoms with van der Waals surface area (Å²) >= 11 is 0. The van der Waals surface area contributed by atoms with Crippen molar-refractivity contribution in [3.05, 3.63) is 53.0 Å². The molecule has 1 N–H and O–H groups in total. The van der Waals surface area contributed by atoms with E-state index in [0.29, 0.717) is 28.4 Å². The lowest BCUT2D eigenvalue weighted by molar-refractivity contribution is -0.0498. The van der Waals surface area contributed by atoms with Crippen molar-refractivity contribution in [1.82, 2.24) is 5.43 Å². The Morgan fingerprint density at radius 1 is 1.26 bits per heavy atom. The van der Waals surface area contributed by atoms with Crippen molar-refractivity contribution in [2.24, 2.45) is 5.10 Å². The Kier molecular flexibility index (Phi) is 5.10. The number of benzene rings is 1. The van der Waals surface area contributed by atoms with Gasteiger partial charge in [0.2, 0.25) is 0 Å². The number of carbonyl (C=O) groups excluding carboxylic acids is 1. The molecule has 0 fully saturated rings. The Balaban J connectivity index is 2.04. The lowest BCUT2D eigenvalue weighted by Crippen LogP contribution is -2.19. The summed E-state index contributed by atoms with van der Waals surface area (Å²) in [6.45, 7) is 2.27. The maximum Gasteiger partial charge on any atom is 0.387 e. The summed E-state index contributed by atoms with van der Waals surface area (Å²) in [5.74, 6) is 0.839. The molecule has 1 aromatic carbocycles. The van der Waals surface area contributed by atoms with E-state index in [1.54, 1.807) is 39.0 Å². The number of furan rings is 1. The van der Waals surface area contributed by atoms with Gasteiger partial charge in [0.05, 0.1) is 11.3 Å². The van der Waals surface area contributed by atoms with Crippen LogP contribution in [0.1, 0.15) is 34.4 Å². The first-order valence-electron chi connectivity index (χ1n) is 6.83. The van der Waals surface area contributed by atoms with Crippen LogP contribution >= 0.6 is 0 Å². The average molecular weight is 322 g/mol. The predicted octanol–water partition coefficient (Wildman–Crippen LogP) is 3.65. The number of ether oxygens (including phenoxy) is 1. The molecule has 0 atom stereocenters. The first-order valence-corrected chi connectivity index (χ1v) is 6.83. The van der Waals surface area contributed by atoms with Gasteiger partial charge in [0.1, 0.15) is 17.3 Å². The van der Waals surface area contributed by atoms with E-state index < -0.39 is 6.61 Å². The Hall–Kier alpha value is -2.70. The van der Waals surface area contributed by atoms with Crippen LogP contribution in [-0.2, 0) is 0 Å². The minimum absolute atomic E-state index is 0.0603. The lowest BCUT2D eigenvalue weighted by Gasteiger charge is -2.06. The summed E-state index contributed by atoms with van der Waals surface area (Å²) in [6, 6.07) is 7.61. The number of hydrazone groups is 1. The summed E-state index contributed by atoms with van der Waals surface area (Å²) in [7, 11) is 0. The third-order valence-corrected chi connectivity index (χ3v) is 3.11. The largest absolute Gasteiger partial charge is 0.466 e. The fourth-order valence-corrected chi connectivity index (χ4v) is 1.99. The van der Waals surface area contributed by atoms with Crippen LogP contribution in [-0.4, -0.2) is 18.2 Å². The second-order valence-corrected chi connectivity index (χ2v) is 4.87.